The summed E-state index contributed by atoms with van der Waals surface area (Å²) in [4.78, 5) is 19.0. The van der Waals surface area contributed by atoms with E-state index < -0.39 is 0 Å². The van der Waals surface area contributed by atoms with E-state index in [0.717, 1.165) is 22.6 Å². The van der Waals surface area contributed by atoms with Gasteiger partial charge in [-0.3, -0.25) is 9.78 Å². The minimum atomic E-state index is -0.0299. The van der Waals surface area contributed by atoms with Gasteiger partial charge in [0.25, 0.3) is 5.91 Å². The minimum absolute atomic E-state index is 0.0299. The van der Waals surface area contributed by atoms with E-state index in [4.69, 9.17) is 5.26 Å². The van der Waals surface area contributed by atoms with Crippen molar-refractivity contribution >= 4 is 5.91 Å². The maximum absolute atomic E-state index is 13.0. The number of nitriles is 1. The molecule has 1 aromatic carbocycles. The van der Waals surface area contributed by atoms with Gasteiger partial charge in [-0.05, 0) is 49.7 Å². The molecule has 0 aliphatic carbocycles. The zero-order valence-electron chi connectivity index (χ0n) is 15.8. The Labute approximate surface area is 159 Å². The highest BCUT2D eigenvalue weighted by molar-refractivity contribution is 5.95. The quantitative estimate of drug-likeness (QED) is 0.699. The largest absolute Gasteiger partial charge is 0.342 e. The van der Waals surface area contributed by atoms with Gasteiger partial charge in [-0.15, -0.1) is 0 Å². The lowest BCUT2D eigenvalue weighted by Gasteiger charge is -2.18. The van der Waals surface area contributed by atoms with Gasteiger partial charge in [0.15, 0.2) is 0 Å². The van der Waals surface area contributed by atoms with Crippen LogP contribution >= 0.6 is 0 Å². The van der Waals surface area contributed by atoms with E-state index in [1.54, 1.807) is 24.2 Å². The number of hydrogen-bond donors (Lipinski definition) is 0. The molecule has 2 heterocycles. The third-order valence-corrected chi connectivity index (χ3v) is 4.67. The van der Waals surface area contributed by atoms with Gasteiger partial charge in [0.05, 0.1) is 29.4 Å². The fraction of sp³-hybridized carbons (Fsp3) is 0.227. The van der Waals surface area contributed by atoms with Crippen LogP contribution in [0.2, 0.25) is 0 Å². The Balaban J connectivity index is 1.80. The summed E-state index contributed by atoms with van der Waals surface area (Å²) in [6.07, 6.45) is 1.78. The number of amides is 1. The topological polar surface area (TPSA) is 61.9 Å². The number of aromatic nitrogens is 2. The molecule has 0 N–H and O–H groups in total. The fourth-order valence-corrected chi connectivity index (χ4v) is 3.21. The van der Waals surface area contributed by atoms with Crippen molar-refractivity contribution in [2.24, 2.45) is 0 Å². The number of rotatable bonds is 5. The van der Waals surface area contributed by atoms with Crippen LogP contribution in [0.3, 0.4) is 0 Å². The molecule has 5 heteroatoms. The van der Waals surface area contributed by atoms with Crippen LogP contribution in [0.25, 0.3) is 0 Å². The summed E-state index contributed by atoms with van der Waals surface area (Å²) in [5.41, 5.74) is 5.15. The third kappa shape index (κ3) is 4.06. The summed E-state index contributed by atoms with van der Waals surface area (Å²) in [5.74, 6) is -0.0299. The molecule has 0 saturated carbocycles. The van der Waals surface area contributed by atoms with E-state index in [-0.39, 0.29) is 5.91 Å². The molecule has 0 atom stereocenters. The van der Waals surface area contributed by atoms with Crippen LogP contribution < -0.4 is 0 Å². The molecule has 2 aromatic heterocycles. The van der Waals surface area contributed by atoms with Gasteiger partial charge in [0, 0.05) is 31.2 Å². The van der Waals surface area contributed by atoms with Gasteiger partial charge >= 0.3 is 0 Å². The molecule has 136 valence electrons. The first-order chi connectivity index (χ1) is 13.0. The minimum Gasteiger partial charge on any atom is -0.342 e. The Morgan fingerprint density at radius 3 is 2.70 bits per heavy atom. The lowest BCUT2D eigenvalue weighted by Crippen LogP contribution is -2.26. The molecule has 0 spiro atoms. The Morgan fingerprint density at radius 2 is 2.00 bits per heavy atom. The van der Waals surface area contributed by atoms with Gasteiger partial charge in [-0.1, -0.05) is 18.2 Å². The van der Waals surface area contributed by atoms with Crippen molar-refractivity contribution in [3.63, 3.8) is 0 Å². The second-order valence-corrected chi connectivity index (χ2v) is 6.67. The predicted molar refractivity (Wildman–Crippen MR) is 104 cm³/mol. The zero-order valence-corrected chi connectivity index (χ0v) is 15.8. The van der Waals surface area contributed by atoms with Gasteiger partial charge in [0.2, 0.25) is 0 Å². The number of carbonyl (C=O) groups excluding carboxylic acids is 1. The second kappa shape index (κ2) is 7.88. The van der Waals surface area contributed by atoms with Crippen molar-refractivity contribution in [1.29, 1.82) is 5.26 Å². The van der Waals surface area contributed by atoms with E-state index in [2.05, 4.69) is 15.6 Å². The third-order valence-electron chi connectivity index (χ3n) is 4.67. The summed E-state index contributed by atoms with van der Waals surface area (Å²) in [7, 11) is 1.78. The molecular weight excluding hydrogens is 336 g/mol. The maximum atomic E-state index is 13.0. The van der Waals surface area contributed by atoms with Crippen LogP contribution in [0.1, 0.15) is 38.6 Å². The highest BCUT2D eigenvalue weighted by Crippen LogP contribution is 2.19. The van der Waals surface area contributed by atoms with Crippen molar-refractivity contribution in [3.05, 3.63) is 88.5 Å². The van der Waals surface area contributed by atoms with Gasteiger partial charge < -0.3 is 9.47 Å². The number of benzene rings is 1. The summed E-state index contributed by atoms with van der Waals surface area (Å²) in [6, 6.07) is 17.2. The van der Waals surface area contributed by atoms with Gasteiger partial charge in [-0.2, -0.15) is 5.26 Å². The average Bonchev–Trinajstić information content (AvgIpc) is 2.96. The average molecular weight is 358 g/mol. The molecule has 0 bridgehead atoms. The Morgan fingerprint density at radius 1 is 1.19 bits per heavy atom. The molecule has 0 aliphatic heterocycles. The molecule has 0 aliphatic rings. The van der Waals surface area contributed by atoms with Crippen LogP contribution in [-0.2, 0) is 13.1 Å². The lowest BCUT2D eigenvalue weighted by molar-refractivity contribution is 0.0784. The van der Waals surface area contributed by atoms with E-state index in [1.807, 2.05) is 56.3 Å². The molecule has 27 heavy (non-hydrogen) atoms. The molecular formula is C22H22N4O. The predicted octanol–water partition coefficient (Wildman–Crippen LogP) is 3.69. The van der Waals surface area contributed by atoms with E-state index in [9.17, 15) is 4.79 Å². The first kappa shape index (κ1) is 18.4. The first-order valence-electron chi connectivity index (χ1n) is 8.80. The van der Waals surface area contributed by atoms with Crippen LogP contribution in [0, 0.1) is 25.2 Å². The van der Waals surface area contributed by atoms with E-state index in [0.29, 0.717) is 24.2 Å². The van der Waals surface area contributed by atoms with Crippen molar-refractivity contribution < 1.29 is 4.79 Å². The van der Waals surface area contributed by atoms with Gasteiger partial charge in [-0.25, -0.2) is 0 Å². The highest BCUT2D eigenvalue weighted by atomic mass is 16.2. The molecule has 1 amide bonds. The number of nitrogens with zero attached hydrogens (tertiary/aromatic N) is 4. The van der Waals surface area contributed by atoms with Gasteiger partial charge in [0.1, 0.15) is 0 Å². The molecule has 5 nitrogen and oxygen atoms in total. The highest BCUT2D eigenvalue weighted by Gasteiger charge is 2.19. The summed E-state index contributed by atoms with van der Waals surface area (Å²) >= 11 is 0. The molecule has 0 unspecified atom stereocenters. The number of pyridine rings is 1. The van der Waals surface area contributed by atoms with Crippen molar-refractivity contribution in [1.82, 2.24) is 14.5 Å². The van der Waals surface area contributed by atoms with Crippen molar-refractivity contribution in [2.75, 3.05) is 7.05 Å². The van der Waals surface area contributed by atoms with Crippen molar-refractivity contribution in [3.8, 4) is 6.07 Å². The monoisotopic (exact) mass is 358 g/mol. The Bertz CT molecular complexity index is 999. The molecule has 0 radical (unpaired) electrons. The van der Waals surface area contributed by atoms with Crippen LogP contribution in [-0.4, -0.2) is 27.4 Å². The smallest absolute Gasteiger partial charge is 0.255 e. The summed E-state index contributed by atoms with van der Waals surface area (Å²) in [5, 5.41) is 9.04. The summed E-state index contributed by atoms with van der Waals surface area (Å²) in [6.45, 7) is 5.06. The van der Waals surface area contributed by atoms with E-state index >= 15 is 0 Å². The summed E-state index contributed by atoms with van der Waals surface area (Å²) < 4.78 is 2.11. The Hall–Kier alpha value is -3.39. The van der Waals surface area contributed by atoms with Crippen LogP contribution in [0.15, 0.2) is 54.7 Å². The fourth-order valence-electron chi connectivity index (χ4n) is 3.21. The standard InChI is InChI=1S/C22H22N4O/c1-16-11-21(17(2)26(16)15-20-9-4-5-10-24-20)22(27)25(3)14-19-8-6-7-18(12-19)13-23/h4-12H,14-15H2,1-3H3. The van der Waals surface area contributed by atoms with Crippen LogP contribution in [0.4, 0.5) is 0 Å². The second-order valence-electron chi connectivity index (χ2n) is 6.67. The van der Waals surface area contributed by atoms with Crippen molar-refractivity contribution in [2.45, 2.75) is 26.9 Å². The first-order valence-corrected chi connectivity index (χ1v) is 8.80. The number of aryl methyl sites for hydroxylation is 1. The lowest BCUT2D eigenvalue weighted by atomic mass is 10.1. The Kier molecular flexibility index (Phi) is 5.37. The number of hydrogen-bond acceptors (Lipinski definition) is 3. The van der Waals surface area contributed by atoms with E-state index in [1.165, 1.54) is 0 Å². The number of carbonyl (C=O) groups is 1. The maximum Gasteiger partial charge on any atom is 0.255 e. The zero-order chi connectivity index (χ0) is 19.4. The normalized spacial score (nSPS) is 10.4. The SMILES string of the molecule is Cc1cc(C(=O)N(C)Cc2cccc(C#N)c2)c(C)n1Cc1ccccn1. The molecule has 3 rings (SSSR count). The molecule has 3 aromatic rings. The van der Waals surface area contributed by atoms with Crippen LogP contribution in [0.5, 0.6) is 0 Å². The molecule has 0 fully saturated rings. The molecule has 0 saturated heterocycles.